The number of benzene rings is 2. The predicted octanol–water partition coefficient (Wildman–Crippen LogP) is 5.55. The van der Waals surface area contributed by atoms with Gasteiger partial charge in [-0.3, -0.25) is 9.59 Å². The Kier molecular flexibility index (Phi) is 12.0. The van der Waals surface area contributed by atoms with Gasteiger partial charge in [0.15, 0.2) is 0 Å². The van der Waals surface area contributed by atoms with Crippen LogP contribution in [-0.2, 0) is 36.7 Å². The third-order valence-electron chi connectivity index (χ3n) is 8.65. The van der Waals surface area contributed by atoms with E-state index in [-0.39, 0.29) is 48.9 Å². The SMILES string of the molecule is CC(C)[C@H](C)[C@@H](C)C(=O)N1C(=O)OC[C@H]1Cc1ccccc1.C[C@@H](C=O)[C@@H](C)C(=O)N1C(=O)OC[C@H]1Cc1ccccc1. The number of ether oxygens (including phenoxy) is 2. The highest BCUT2D eigenvalue weighted by Crippen LogP contribution is 2.26. The zero-order valence-corrected chi connectivity index (χ0v) is 26.0. The van der Waals surface area contributed by atoms with Crippen LogP contribution in [-0.4, -0.2) is 65.4 Å². The summed E-state index contributed by atoms with van der Waals surface area (Å²) in [5, 5.41) is 0. The molecule has 9 nitrogen and oxygen atoms in total. The third-order valence-corrected chi connectivity index (χ3v) is 8.65. The first-order valence-corrected chi connectivity index (χ1v) is 15.0. The van der Waals surface area contributed by atoms with Crippen molar-refractivity contribution in [2.24, 2.45) is 29.6 Å². The largest absolute Gasteiger partial charge is 0.447 e. The van der Waals surface area contributed by atoms with Crippen LogP contribution in [0.2, 0.25) is 0 Å². The van der Waals surface area contributed by atoms with Crippen molar-refractivity contribution in [2.45, 2.75) is 66.5 Å². The molecule has 2 fully saturated rings. The molecule has 43 heavy (non-hydrogen) atoms. The molecule has 232 valence electrons. The van der Waals surface area contributed by atoms with Crippen LogP contribution < -0.4 is 0 Å². The molecule has 2 heterocycles. The first-order chi connectivity index (χ1) is 20.5. The first kappa shape index (κ1) is 33.5. The van der Waals surface area contributed by atoms with Gasteiger partial charge in [-0.05, 0) is 35.8 Å². The minimum atomic E-state index is -0.620. The summed E-state index contributed by atoms with van der Waals surface area (Å²) in [6.07, 6.45) is 0.803. The number of nitrogens with zero attached hydrogens (tertiary/aromatic N) is 2. The molecule has 0 bridgehead atoms. The minimum absolute atomic E-state index is 0.121. The summed E-state index contributed by atoms with van der Waals surface area (Å²) in [7, 11) is 0. The van der Waals surface area contributed by atoms with E-state index >= 15 is 0 Å². The van der Waals surface area contributed by atoms with Crippen LogP contribution >= 0.6 is 0 Å². The number of carbonyl (C=O) groups excluding carboxylic acids is 5. The van der Waals surface area contributed by atoms with E-state index in [0.29, 0.717) is 18.8 Å². The van der Waals surface area contributed by atoms with Crippen molar-refractivity contribution in [3.63, 3.8) is 0 Å². The van der Waals surface area contributed by atoms with Crippen LogP contribution in [0.15, 0.2) is 60.7 Å². The molecule has 0 unspecified atom stereocenters. The van der Waals surface area contributed by atoms with Crippen LogP contribution in [0.25, 0.3) is 0 Å². The fourth-order valence-electron chi connectivity index (χ4n) is 5.12. The van der Waals surface area contributed by atoms with Gasteiger partial charge in [0.25, 0.3) is 0 Å². The summed E-state index contributed by atoms with van der Waals surface area (Å²) in [5.74, 6) is -1.01. The average Bonchev–Trinajstić information content (AvgIpc) is 3.56. The molecule has 6 atom stereocenters. The van der Waals surface area contributed by atoms with E-state index in [1.54, 1.807) is 13.8 Å². The van der Waals surface area contributed by atoms with E-state index in [0.717, 1.165) is 22.3 Å². The Morgan fingerprint density at radius 1 is 0.721 bits per heavy atom. The van der Waals surface area contributed by atoms with Gasteiger partial charge in [-0.15, -0.1) is 0 Å². The third kappa shape index (κ3) is 8.52. The van der Waals surface area contributed by atoms with Crippen LogP contribution in [0.3, 0.4) is 0 Å². The smallest absolute Gasteiger partial charge is 0.416 e. The molecule has 0 N–H and O–H groups in total. The molecule has 4 rings (SSSR count). The van der Waals surface area contributed by atoms with Crippen molar-refractivity contribution in [2.75, 3.05) is 13.2 Å². The number of amides is 4. The van der Waals surface area contributed by atoms with Gasteiger partial charge < -0.3 is 14.3 Å². The molecule has 0 spiro atoms. The molecule has 2 saturated heterocycles. The van der Waals surface area contributed by atoms with Gasteiger partial charge >= 0.3 is 12.2 Å². The van der Waals surface area contributed by atoms with E-state index in [2.05, 4.69) is 20.8 Å². The second kappa shape index (κ2) is 15.5. The second-order valence-corrected chi connectivity index (χ2v) is 11.9. The monoisotopic (exact) mass is 592 g/mol. The number of imide groups is 2. The van der Waals surface area contributed by atoms with Crippen molar-refractivity contribution in [3.8, 4) is 0 Å². The molecule has 0 aromatic heterocycles. The lowest BCUT2D eigenvalue weighted by Crippen LogP contribution is -2.44. The zero-order valence-electron chi connectivity index (χ0n) is 26.0. The Hall–Kier alpha value is -4.01. The number of carbonyl (C=O) groups is 5. The van der Waals surface area contributed by atoms with Gasteiger partial charge in [0, 0.05) is 17.8 Å². The van der Waals surface area contributed by atoms with Crippen LogP contribution in [0.1, 0.15) is 52.7 Å². The summed E-state index contributed by atoms with van der Waals surface area (Å²) < 4.78 is 10.1. The number of hydrogen-bond acceptors (Lipinski definition) is 7. The Balaban J connectivity index is 0.000000236. The van der Waals surface area contributed by atoms with Crippen molar-refractivity contribution in [1.29, 1.82) is 0 Å². The Labute approximate surface area is 254 Å². The average molecular weight is 593 g/mol. The second-order valence-electron chi connectivity index (χ2n) is 11.9. The van der Waals surface area contributed by atoms with E-state index in [9.17, 15) is 24.0 Å². The molecule has 2 aromatic carbocycles. The predicted molar refractivity (Wildman–Crippen MR) is 162 cm³/mol. The molecule has 9 heteroatoms. The molecule has 0 radical (unpaired) electrons. The van der Waals surface area contributed by atoms with Gasteiger partial charge in [0.05, 0.1) is 12.1 Å². The summed E-state index contributed by atoms with van der Waals surface area (Å²) in [5.41, 5.74) is 2.14. The normalized spacial score (nSPS) is 20.8. The Morgan fingerprint density at radius 3 is 1.49 bits per heavy atom. The first-order valence-electron chi connectivity index (χ1n) is 15.0. The van der Waals surface area contributed by atoms with E-state index in [4.69, 9.17) is 9.47 Å². The number of hydrogen-bond donors (Lipinski definition) is 0. The molecule has 2 aliphatic heterocycles. The lowest BCUT2D eigenvalue weighted by atomic mass is 9.85. The van der Waals surface area contributed by atoms with Crippen LogP contribution in [0.5, 0.6) is 0 Å². The molecule has 2 aliphatic rings. The summed E-state index contributed by atoms with van der Waals surface area (Å²) in [6.45, 7) is 12.0. The lowest BCUT2D eigenvalue weighted by molar-refractivity contribution is -0.136. The summed E-state index contributed by atoms with van der Waals surface area (Å²) in [6, 6.07) is 19.0. The highest BCUT2D eigenvalue weighted by Gasteiger charge is 2.42. The zero-order chi connectivity index (χ0) is 31.7. The maximum atomic E-state index is 12.7. The van der Waals surface area contributed by atoms with Gasteiger partial charge in [-0.25, -0.2) is 19.4 Å². The van der Waals surface area contributed by atoms with E-state index < -0.39 is 24.0 Å². The van der Waals surface area contributed by atoms with E-state index in [1.165, 1.54) is 4.90 Å². The van der Waals surface area contributed by atoms with Crippen molar-refractivity contribution < 1.29 is 33.4 Å². The van der Waals surface area contributed by atoms with Gasteiger partial charge in [-0.1, -0.05) is 102 Å². The highest BCUT2D eigenvalue weighted by atomic mass is 16.6. The molecule has 0 aliphatic carbocycles. The van der Waals surface area contributed by atoms with Crippen LogP contribution in [0, 0.1) is 29.6 Å². The summed E-state index contributed by atoms with van der Waals surface area (Å²) in [4.78, 5) is 62.3. The quantitative estimate of drug-likeness (QED) is 0.333. The molecular formula is C34H44N2O7. The maximum absolute atomic E-state index is 12.7. The molecule has 0 saturated carbocycles. The van der Waals surface area contributed by atoms with Crippen molar-refractivity contribution >= 4 is 30.3 Å². The van der Waals surface area contributed by atoms with Crippen LogP contribution in [0.4, 0.5) is 9.59 Å². The lowest BCUT2D eigenvalue weighted by Gasteiger charge is -2.28. The van der Waals surface area contributed by atoms with Gasteiger partial charge in [0.2, 0.25) is 11.8 Å². The maximum Gasteiger partial charge on any atom is 0.416 e. The Bertz CT molecular complexity index is 1250. The number of rotatable bonds is 10. The Morgan fingerprint density at radius 2 is 1.12 bits per heavy atom. The minimum Gasteiger partial charge on any atom is -0.447 e. The van der Waals surface area contributed by atoms with Crippen molar-refractivity contribution in [3.05, 3.63) is 71.8 Å². The summed E-state index contributed by atoms with van der Waals surface area (Å²) >= 11 is 0. The standard InChI is InChI=1S/C18H25NO3.C16H19NO4/c1-12(2)13(3)14(4)17(20)19-16(11-22-18(19)21)10-15-8-6-5-7-9-15;1-11(9-18)12(2)15(19)17-14(10-21-16(17)20)8-13-6-4-3-5-7-13/h5-9,12-14,16H,10-11H2,1-4H3;3-7,9,11-12,14H,8,10H2,1-2H3/t13-,14+,16+;11-,12+,14+/m00/s1. The number of aldehydes is 1. The topological polar surface area (TPSA) is 110 Å². The van der Waals surface area contributed by atoms with Gasteiger partial charge in [0.1, 0.15) is 19.5 Å². The fourth-order valence-corrected chi connectivity index (χ4v) is 5.12. The van der Waals surface area contributed by atoms with Crippen molar-refractivity contribution in [1.82, 2.24) is 9.80 Å². The van der Waals surface area contributed by atoms with E-state index in [1.807, 2.05) is 67.6 Å². The van der Waals surface area contributed by atoms with Gasteiger partial charge in [-0.2, -0.15) is 0 Å². The molecule has 2 aromatic rings. The molecular weight excluding hydrogens is 548 g/mol. The number of cyclic esters (lactones) is 2. The fraction of sp³-hybridized carbons (Fsp3) is 0.500. The molecule has 4 amide bonds. The highest BCUT2D eigenvalue weighted by molar-refractivity contribution is 5.96.